The van der Waals surface area contributed by atoms with Crippen molar-refractivity contribution in [3.63, 3.8) is 0 Å². The molecule has 0 unspecified atom stereocenters. The van der Waals surface area contributed by atoms with Gasteiger partial charge in [-0.2, -0.15) is 0 Å². The van der Waals surface area contributed by atoms with Crippen molar-refractivity contribution in [1.82, 2.24) is 0 Å². The van der Waals surface area contributed by atoms with Crippen LogP contribution in [0.2, 0.25) is 10.0 Å². The fourth-order valence-corrected chi connectivity index (χ4v) is 2.55. The largest absolute Gasteiger partial charge is 0.507 e. The summed E-state index contributed by atoms with van der Waals surface area (Å²) in [6.07, 6.45) is 2.01. The predicted octanol–water partition coefficient (Wildman–Crippen LogP) is 5.60. The summed E-state index contributed by atoms with van der Waals surface area (Å²) in [5, 5.41) is 19.9. The molecule has 0 heterocycles. The van der Waals surface area contributed by atoms with Crippen LogP contribution in [-0.2, 0) is 36.1 Å². The zero-order chi connectivity index (χ0) is 22.5. The molecule has 1 radical (unpaired) electrons. The van der Waals surface area contributed by atoms with E-state index in [1.54, 1.807) is 62.4 Å². The van der Waals surface area contributed by atoms with Gasteiger partial charge in [-0.15, -0.1) is 0 Å². The zero-order valence-corrected chi connectivity index (χ0v) is 19.2. The first-order chi connectivity index (χ1) is 14.3. The second-order valence-electron chi connectivity index (χ2n) is 5.52. The van der Waals surface area contributed by atoms with Gasteiger partial charge in [0.15, 0.2) is 0 Å². The average molecular weight is 517 g/mol. The van der Waals surface area contributed by atoms with Crippen LogP contribution in [0.15, 0.2) is 60.7 Å². The van der Waals surface area contributed by atoms with Crippen molar-refractivity contribution in [1.29, 1.82) is 0 Å². The quantitative estimate of drug-likeness (QED) is 0.225. The zero-order valence-electron chi connectivity index (χ0n) is 16.8. The summed E-state index contributed by atoms with van der Waals surface area (Å²) >= 11 is 11.7. The standard InChI is InChI=1S/2C11H11ClO3.Cu/c2*1-2-15-11(14)7-10(13)8-5-3-4-6-9(8)12;/h2*3-7,13H,2H2,1H3;/b10-7+;10-7-;. The molecule has 2 rings (SSSR count). The van der Waals surface area contributed by atoms with Crippen LogP contribution in [0.5, 0.6) is 0 Å². The summed E-state index contributed by atoms with van der Waals surface area (Å²) < 4.78 is 9.31. The molecule has 6 nitrogen and oxygen atoms in total. The number of esters is 2. The molecular formula is C22H22Cl2CuO6. The van der Waals surface area contributed by atoms with E-state index < -0.39 is 11.9 Å². The third kappa shape index (κ3) is 10.4. The Morgan fingerprint density at radius 2 is 1.10 bits per heavy atom. The van der Waals surface area contributed by atoms with Crippen molar-refractivity contribution >= 4 is 46.7 Å². The van der Waals surface area contributed by atoms with Gasteiger partial charge >= 0.3 is 11.9 Å². The van der Waals surface area contributed by atoms with Gasteiger partial charge in [-0.05, 0) is 38.1 Å². The fraction of sp³-hybridized carbons (Fsp3) is 0.182. The van der Waals surface area contributed by atoms with Crippen molar-refractivity contribution < 1.29 is 46.3 Å². The van der Waals surface area contributed by atoms with Crippen molar-refractivity contribution in [2.24, 2.45) is 0 Å². The molecule has 0 fully saturated rings. The molecule has 0 aliphatic carbocycles. The van der Waals surface area contributed by atoms with Crippen LogP contribution in [0.3, 0.4) is 0 Å². The first-order valence-electron chi connectivity index (χ1n) is 8.94. The van der Waals surface area contributed by atoms with E-state index in [1.807, 2.05) is 0 Å². The van der Waals surface area contributed by atoms with E-state index in [0.717, 1.165) is 12.2 Å². The first-order valence-corrected chi connectivity index (χ1v) is 9.70. The maximum Gasteiger partial charge on any atom is 0.334 e. The van der Waals surface area contributed by atoms with Gasteiger partial charge in [-0.3, -0.25) is 0 Å². The summed E-state index contributed by atoms with van der Waals surface area (Å²) in [5.74, 6) is -1.57. The van der Waals surface area contributed by atoms with Gasteiger partial charge in [0, 0.05) is 28.2 Å². The number of hydrogen-bond donors (Lipinski definition) is 2. The number of hydrogen-bond acceptors (Lipinski definition) is 6. The molecule has 9 heteroatoms. The molecule has 0 spiro atoms. The molecule has 0 aliphatic heterocycles. The number of carbonyl (C=O) groups is 2. The molecule has 0 aliphatic rings. The third-order valence-corrected chi connectivity index (χ3v) is 4.04. The number of aliphatic hydroxyl groups is 2. The number of rotatable bonds is 6. The van der Waals surface area contributed by atoms with Crippen LogP contribution < -0.4 is 0 Å². The summed E-state index contributed by atoms with van der Waals surface area (Å²) in [6.45, 7) is 3.92. The van der Waals surface area contributed by atoms with E-state index >= 15 is 0 Å². The Morgan fingerprint density at radius 1 is 0.774 bits per heavy atom. The summed E-state index contributed by atoms with van der Waals surface area (Å²) in [4.78, 5) is 22.1. The van der Waals surface area contributed by atoms with Crippen LogP contribution in [0.1, 0.15) is 25.0 Å². The van der Waals surface area contributed by atoms with Crippen LogP contribution in [-0.4, -0.2) is 35.4 Å². The number of aliphatic hydroxyl groups excluding tert-OH is 2. The van der Waals surface area contributed by atoms with Crippen LogP contribution >= 0.6 is 23.2 Å². The Morgan fingerprint density at radius 3 is 1.39 bits per heavy atom. The smallest absolute Gasteiger partial charge is 0.334 e. The molecule has 2 aromatic rings. The van der Waals surface area contributed by atoms with E-state index in [2.05, 4.69) is 9.47 Å². The van der Waals surface area contributed by atoms with Gasteiger partial charge < -0.3 is 19.7 Å². The maximum atomic E-state index is 11.0. The Bertz CT molecular complexity index is 852. The first kappa shape index (κ1) is 28.6. The molecule has 0 amide bonds. The van der Waals surface area contributed by atoms with Gasteiger partial charge in [0.05, 0.1) is 35.4 Å². The minimum absolute atomic E-state index is 0. The van der Waals surface area contributed by atoms with Crippen molar-refractivity contribution in [2.45, 2.75) is 13.8 Å². The maximum absolute atomic E-state index is 11.0. The van der Waals surface area contributed by atoms with E-state index in [0.29, 0.717) is 21.2 Å². The molecule has 31 heavy (non-hydrogen) atoms. The monoisotopic (exact) mass is 515 g/mol. The summed E-state index contributed by atoms with van der Waals surface area (Å²) in [7, 11) is 0. The molecule has 0 saturated carbocycles. The van der Waals surface area contributed by atoms with Crippen LogP contribution in [0.4, 0.5) is 0 Å². The van der Waals surface area contributed by atoms with Gasteiger partial charge in [0.2, 0.25) is 0 Å². The molecular weight excluding hydrogens is 495 g/mol. The summed E-state index contributed by atoms with van der Waals surface area (Å²) in [5.41, 5.74) is 0.819. The Hall–Kier alpha value is -2.44. The van der Waals surface area contributed by atoms with E-state index in [1.165, 1.54) is 0 Å². The molecule has 0 aromatic heterocycles. The molecule has 0 saturated heterocycles. The number of carbonyl (C=O) groups excluding carboxylic acids is 2. The average Bonchev–Trinajstić information content (AvgIpc) is 2.69. The van der Waals surface area contributed by atoms with Crippen molar-refractivity contribution in [3.8, 4) is 0 Å². The van der Waals surface area contributed by atoms with Crippen molar-refractivity contribution in [2.75, 3.05) is 13.2 Å². The Labute approximate surface area is 201 Å². The van der Waals surface area contributed by atoms with Crippen molar-refractivity contribution in [3.05, 3.63) is 81.9 Å². The number of halogens is 2. The van der Waals surface area contributed by atoms with Gasteiger partial charge in [0.1, 0.15) is 11.5 Å². The molecule has 171 valence electrons. The molecule has 0 bridgehead atoms. The molecule has 0 atom stereocenters. The number of benzene rings is 2. The van der Waals surface area contributed by atoms with Gasteiger partial charge in [0.25, 0.3) is 0 Å². The van der Waals surface area contributed by atoms with Crippen LogP contribution in [0.25, 0.3) is 11.5 Å². The van der Waals surface area contributed by atoms with E-state index in [4.69, 9.17) is 23.2 Å². The molecule has 2 N–H and O–H groups in total. The van der Waals surface area contributed by atoms with Gasteiger partial charge in [-0.1, -0.05) is 47.5 Å². The van der Waals surface area contributed by atoms with E-state index in [-0.39, 0.29) is 41.8 Å². The fourth-order valence-electron chi connectivity index (χ4n) is 2.08. The topological polar surface area (TPSA) is 93.1 Å². The van der Waals surface area contributed by atoms with Crippen LogP contribution in [0, 0.1) is 0 Å². The third-order valence-electron chi connectivity index (χ3n) is 3.38. The predicted molar refractivity (Wildman–Crippen MR) is 117 cm³/mol. The SMILES string of the molecule is CCOC(=O)/C=C(/O)c1ccccc1Cl.CCOC(=O)/C=C(\O)c1ccccc1Cl.[Cu]. The second-order valence-corrected chi connectivity index (χ2v) is 6.34. The minimum atomic E-state index is -0.588. The molecule has 2 aromatic carbocycles. The Balaban J connectivity index is 0.000000562. The van der Waals surface area contributed by atoms with E-state index in [9.17, 15) is 19.8 Å². The number of ether oxygens (including phenoxy) is 2. The minimum Gasteiger partial charge on any atom is -0.507 e. The second kappa shape index (κ2) is 15.4. The normalized spacial score (nSPS) is 10.8. The Kier molecular flexibility index (Phi) is 14.2. The van der Waals surface area contributed by atoms with Gasteiger partial charge in [-0.25, -0.2) is 9.59 Å². The summed E-state index contributed by atoms with van der Waals surface area (Å²) in [6, 6.07) is 13.4.